The Hall–Kier alpha value is -2.51. The second-order valence-electron chi connectivity index (χ2n) is 6.42. The third kappa shape index (κ3) is 4.74. The van der Waals surface area contributed by atoms with Crippen LogP contribution in [0.2, 0.25) is 5.02 Å². The molecule has 1 N–H and O–H groups in total. The molecular formula is C22H17ClN2O2S2. The summed E-state index contributed by atoms with van der Waals surface area (Å²) in [4.78, 5) is 4.57. The molecular weight excluding hydrogens is 424 g/mol. The summed E-state index contributed by atoms with van der Waals surface area (Å²) in [5, 5.41) is 4.64. The molecule has 0 radical (unpaired) electrons. The van der Waals surface area contributed by atoms with Crippen LogP contribution < -0.4 is 4.72 Å². The van der Waals surface area contributed by atoms with E-state index in [4.69, 9.17) is 11.6 Å². The molecule has 0 aliphatic carbocycles. The van der Waals surface area contributed by atoms with Crippen molar-refractivity contribution in [2.75, 3.05) is 0 Å². The summed E-state index contributed by atoms with van der Waals surface area (Å²) in [6.07, 6.45) is 1.69. The van der Waals surface area contributed by atoms with E-state index in [9.17, 15) is 8.42 Å². The van der Waals surface area contributed by atoms with Crippen LogP contribution in [0.3, 0.4) is 0 Å². The maximum atomic E-state index is 12.7. The Kier molecular flexibility index (Phi) is 5.78. The Balaban J connectivity index is 1.48. The molecule has 2 aromatic heterocycles. The van der Waals surface area contributed by atoms with Gasteiger partial charge in [0.05, 0.1) is 10.6 Å². The van der Waals surface area contributed by atoms with Gasteiger partial charge in [-0.15, -0.1) is 0 Å². The Morgan fingerprint density at radius 3 is 2.48 bits per heavy atom. The molecule has 0 saturated carbocycles. The third-order valence-corrected chi connectivity index (χ3v) is 6.77. The molecule has 0 fully saturated rings. The number of thiophene rings is 1. The van der Waals surface area contributed by atoms with Gasteiger partial charge in [0.1, 0.15) is 0 Å². The quantitative estimate of drug-likeness (QED) is 0.424. The van der Waals surface area contributed by atoms with Crippen LogP contribution in [0, 0.1) is 0 Å². The molecule has 0 spiro atoms. The van der Waals surface area contributed by atoms with E-state index in [1.807, 2.05) is 41.1 Å². The predicted molar refractivity (Wildman–Crippen MR) is 118 cm³/mol. The first-order valence-corrected chi connectivity index (χ1v) is 11.6. The van der Waals surface area contributed by atoms with Crippen molar-refractivity contribution in [3.63, 3.8) is 0 Å². The van der Waals surface area contributed by atoms with Gasteiger partial charge in [0.25, 0.3) is 0 Å². The number of pyridine rings is 1. The minimum atomic E-state index is -3.63. The summed E-state index contributed by atoms with van der Waals surface area (Å²) in [5.74, 6) is 0. The Morgan fingerprint density at radius 1 is 0.931 bits per heavy atom. The number of hydrogen-bond acceptors (Lipinski definition) is 4. The zero-order valence-corrected chi connectivity index (χ0v) is 17.6. The lowest BCUT2D eigenvalue weighted by Gasteiger charge is -2.09. The Labute approximate surface area is 178 Å². The molecule has 0 bridgehead atoms. The van der Waals surface area contributed by atoms with Crippen molar-refractivity contribution in [2.24, 2.45) is 0 Å². The summed E-state index contributed by atoms with van der Waals surface area (Å²) in [6, 6.07) is 19.9. The van der Waals surface area contributed by atoms with Crippen molar-refractivity contribution in [1.29, 1.82) is 0 Å². The van der Waals surface area contributed by atoms with Crippen LogP contribution >= 0.6 is 22.9 Å². The maximum Gasteiger partial charge on any atom is 0.240 e. The van der Waals surface area contributed by atoms with Crippen LogP contribution in [0.1, 0.15) is 5.56 Å². The largest absolute Gasteiger partial charge is 0.256 e. The monoisotopic (exact) mass is 440 g/mol. The van der Waals surface area contributed by atoms with Gasteiger partial charge in [-0.3, -0.25) is 4.98 Å². The van der Waals surface area contributed by atoms with Gasteiger partial charge in [0, 0.05) is 28.7 Å². The molecule has 0 saturated heterocycles. The Morgan fingerprint density at radius 2 is 1.76 bits per heavy atom. The van der Waals surface area contributed by atoms with Crippen LogP contribution in [0.4, 0.5) is 0 Å². The molecule has 29 heavy (non-hydrogen) atoms. The van der Waals surface area contributed by atoms with E-state index in [-0.39, 0.29) is 11.4 Å². The fourth-order valence-electron chi connectivity index (χ4n) is 2.91. The zero-order valence-electron chi connectivity index (χ0n) is 15.2. The SMILES string of the molecule is O=S(=O)(NCc1ccnc(-c2ccsc2)c1)c1ccc(-c2cccc(Cl)c2)cc1. The number of rotatable bonds is 6. The van der Waals surface area contributed by atoms with Gasteiger partial charge in [-0.05, 0) is 64.5 Å². The molecule has 7 heteroatoms. The third-order valence-electron chi connectivity index (χ3n) is 4.43. The van der Waals surface area contributed by atoms with E-state index < -0.39 is 10.0 Å². The first-order valence-electron chi connectivity index (χ1n) is 8.84. The second-order valence-corrected chi connectivity index (χ2v) is 9.40. The van der Waals surface area contributed by atoms with Crippen molar-refractivity contribution in [2.45, 2.75) is 11.4 Å². The van der Waals surface area contributed by atoms with Crippen LogP contribution in [-0.2, 0) is 16.6 Å². The fraction of sp³-hybridized carbons (Fsp3) is 0.0455. The molecule has 0 amide bonds. The number of hydrogen-bond donors (Lipinski definition) is 1. The molecule has 2 heterocycles. The van der Waals surface area contributed by atoms with E-state index in [2.05, 4.69) is 9.71 Å². The van der Waals surface area contributed by atoms with E-state index >= 15 is 0 Å². The van der Waals surface area contributed by atoms with Crippen LogP contribution in [0.25, 0.3) is 22.4 Å². The fourth-order valence-corrected chi connectivity index (χ4v) is 4.77. The topological polar surface area (TPSA) is 59.1 Å². The molecule has 0 atom stereocenters. The highest BCUT2D eigenvalue weighted by Gasteiger charge is 2.14. The summed E-state index contributed by atoms with van der Waals surface area (Å²) < 4.78 is 28.0. The molecule has 2 aromatic carbocycles. The number of aromatic nitrogens is 1. The minimum absolute atomic E-state index is 0.192. The molecule has 0 unspecified atom stereocenters. The van der Waals surface area contributed by atoms with E-state index in [0.29, 0.717) is 5.02 Å². The lowest BCUT2D eigenvalue weighted by atomic mass is 10.1. The van der Waals surface area contributed by atoms with Gasteiger partial charge < -0.3 is 0 Å². The van der Waals surface area contributed by atoms with Gasteiger partial charge in [-0.2, -0.15) is 11.3 Å². The Bertz CT molecular complexity index is 1220. The van der Waals surface area contributed by atoms with Crippen molar-refractivity contribution in [1.82, 2.24) is 9.71 Å². The van der Waals surface area contributed by atoms with Gasteiger partial charge in [-0.1, -0.05) is 35.9 Å². The van der Waals surface area contributed by atoms with Crippen molar-refractivity contribution in [3.8, 4) is 22.4 Å². The van der Waals surface area contributed by atoms with Gasteiger partial charge in [-0.25, -0.2) is 13.1 Å². The zero-order chi connectivity index (χ0) is 20.3. The standard InChI is InChI=1S/C22H17ClN2O2S2/c23-20-3-1-2-18(13-20)17-4-6-21(7-5-17)29(26,27)25-14-16-8-10-24-22(12-16)19-9-11-28-15-19/h1-13,15,25H,14H2. The first kappa shape index (κ1) is 19.8. The number of nitrogens with one attached hydrogen (secondary N) is 1. The van der Waals surface area contributed by atoms with E-state index in [1.165, 1.54) is 0 Å². The van der Waals surface area contributed by atoms with Crippen LogP contribution in [0.5, 0.6) is 0 Å². The van der Waals surface area contributed by atoms with E-state index in [0.717, 1.165) is 27.9 Å². The predicted octanol–water partition coefficient (Wildman–Crippen LogP) is 5.61. The number of sulfonamides is 1. The lowest BCUT2D eigenvalue weighted by Crippen LogP contribution is -2.23. The lowest BCUT2D eigenvalue weighted by molar-refractivity contribution is 0.581. The first-order chi connectivity index (χ1) is 14.0. The highest BCUT2D eigenvalue weighted by Crippen LogP contribution is 2.24. The van der Waals surface area contributed by atoms with Gasteiger partial charge >= 0.3 is 0 Å². The average Bonchev–Trinajstić information content (AvgIpc) is 3.28. The van der Waals surface area contributed by atoms with E-state index in [1.54, 1.807) is 53.9 Å². The summed E-state index contributed by atoms with van der Waals surface area (Å²) in [7, 11) is -3.63. The highest BCUT2D eigenvalue weighted by atomic mass is 35.5. The number of halogens is 1. The summed E-state index contributed by atoms with van der Waals surface area (Å²) in [5.41, 5.74) is 4.54. The highest BCUT2D eigenvalue weighted by molar-refractivity contribution is 7.89. The number of nitrogens with zero attached hydrogens (tertiary/aromatic N) is 1. The van der Waals surface area contributed by atoms with Crippen LogP contribution in [0.15, 0.2) is 88.6 Å². The summed E-state index contributed by atoms with van der Waals surface area (Å²) >= 11 is 7.63. The molecule has 0 aliphatic rings. The molecule has 4 rings (SSSR count). The normalized spacial score (nSPS) is 11.5. The number of benzene rings is 2. The average molecular weight is 441 g/mol. The van der Waals surface area contributed by atoms with Gasteiger partial charge in [0.2, 0.25) is 10.0 Å². The van der Waals surface area contributed by atoms with Crippen LogP contribution in [-0.4, -0.2) is 13.4 Å². The summed E-state index contributed by atoms with van der Waals surface area (Å²) in [6.45, 7) is 0.192. The molecule has 4 aromatic rings. The van der Waals surface area contributed by atoms with Crippen molar-refractivity contribution < 1.29 is 8.42 Å². The molecule has 146 valence electrons. The maximum absolute atomic E-state index is 12.7. The second kappa shape index (κ2) is 8.47. The van der Waals surface area contributed by atoms with Crippen molar-refractivity contribution >= 4 is 33.0 Å². The minimum Gasteiger partial charge on any atom is -0.256 e. The smallest absolute Gasteiger partial charge is 0.240 e. The molecule has 0 aliphatic heterocycles. The molecule has 4 nitrogen and oxygen atoms in total. The van der Waals surface area contributed by atoms with Gasteiger partial charge in [0.15, 0.2) is 0 Å². The van der Waals surface area contributed by atoms with Crippen molar-refractivity contribution in [3.05, 3.63) is 94.3 Å².